The minimum absolute atomic E-state index is 0.0953. The van der Waals surface area contributed by atoms with Crippen LogP contribution in [0.2, 0.25) is 0 Å². The molecule has 1 aromatic rings. The maximum absolute atomic E-state index is 10.7. The number of benzene rings is 1. The number of fused-ring (bicyclic) bond motifs is 1. The average Bonchev–Trinajstić information content (AvgIpc) is 2.36. The summed E-state index contributed by atoms with van der Waals surface area (Å²) in [5.74, 6) is 0.00514. The minimum Gasteiger partial charge on any atom is -0.486 e. The fraction of sp³-hybridized carbons (Fsp3) is 0.417. The van der Waals surface area contributed by atoms with Crippen molar-refractivity contribution in [3.05, 3.63) is 18.2 Å². The van der Waals surface area contributed by atoms with Gasteiger partial charge in [0.15, 0.2) is 17.1 Å². The molecule has 6 nitrogen and oxygen atoms in total. The molecule has 0 amide bonds. The number of hydrogen-bond acceptors (Lipinski definition) is 5. The predicted octanol–water partition coefficient (Wildman–Crippen LogP) is 0.705. The molecule has 0 radical (unpaired) electrons. The topological polar surface area (TPSA) is 88.0 Å². The van der Waals surface area contributed by atoms with Crippen molar-refractivity contribution in [1.82, 2.24) is 0 Å². The van der Waals surface area contributed by atoms with Crippen molar-refractivity contribution in [2.45, 2.75) is 12.5 Å². The third-order valence-corrected chi connectivity index (χ3v) is 2.64. The van der Waals surface area contributed by atoms with Gasteiger partial charge in [0.05, 0.1) is 6.54 Å². The maximum atomic E-state index is 10.7. The Kier molecular flexibility index (Phi) is 3.29. The first-order chi connectivity index (χ1) is 8.49. The fourth-order valence-electron chi connectivity index (χ4n) is 1.50. The molecule has 0 spiro atoms. The van der Waals surface area contributed by atoms with E-state index >= 15 is 0 Å². The second-order valence-electron chi connectivity index (χ2n) is 4.29. The Morgan fingerprint density at radius 1 is 1.39 bits per heavy atom. The summed E-state index contributed by atoms with van der Waals surface area (Å²) in [6, 6.07) is 5.20. The lowest BCUT2D eigenvalue weighted by Gasteiger charge is -2.21. The van der Waals surface area contributed by atoms with E-state index in [1.54, 1.807) is 18.2 Å². The molecular formula is C12H15NO5. The normalized spacial score (nSPS) is 16.8. The van der Waals surface area contributed by atoms with Crippen LogP contribution in [0.15, 0.2) is 18.2 Å². The van der Waals surface area contributed by atoms with Crippen molar-refractivity contribution in [3.8, 4) is 11.5 Å². The van der Waals surface area contributed by atoms with Crippen molar-refractivity contribution in [2.75, 3.05) is 25.1 Å². The first-order valence-electron chi connectivity index (χ1n) is 5.58. The largest absolute Gasteiger partial charge is 0.486 e. The van der Waals surface area contributed by atoms with E-state index in [9.17, 15) is 9.90 Å². The molecule has 0 aliphatic carbocycles. The second kappa shape index (κ2) is 4.73. The molecule has 1 unspecified atom stereocenters. The first-order valence-corrected chi connectivity index (χ1v) is 5.58. The van der Waals surface area contributed by atoms with Crippen LogP contribution in [0.1, 0.15) is 6.92 Å². The van der Waals surface area contributed by atoms with E-state index in [4.69, 9.17) is 14.6 Å². The van der Waals surface area contributed by atoms with Gasteiger partial charge in [0, 0.05) is 11.8 Å². The molecule has 1 aromatic carbocycles. The van der Waals surface area contributed by atoms with Crippen LogP contribution in [0.3, 0.4) is 0 Å². The number of ether oxygens (including phenoxy) is 2. The average molecular weight is 253 g/mol. The molecule has 1 aliphatic rings. The third kappa shape index (κ3) is 2.65. The Balaban J connectivity index is 2.04. The zero-order valence-electron chi connectivity index (χ0n) is 9.97. The van der Waals surface area contributed by atoms with Crippen molar-refractivity contribution < 1.29 is 24.5 Å². The van der Waals surface area contributed by atoms with E-state index in [1.165, 1.54) is 6.92 Å². The van der Waals surface area contributed by atoms with Crippen LogP contribution in [-0.4, -0.2) is 41.5 Å². The zero-order valence-corrected chi connectivity index (χ0v) is 9.97. The molecule has 2 rings (SSSR count). The van der Waals surface area contributed by atoms with Gasteiger partial charge >= 0.3 is 5.97 Å². The molecule has 6 heteroatoms. The van der Waals surface area contributed by atoms with Gasteiger partial charge < -0.3 is 25.0 Å². The van der Waals surface area contributed by atoms with E-state index in [1.807, 2.05) is 0 Å². The molecule has 0 saturated heterocycles. The summed E-state index contributed by atoms with van der Waals surface area (Å²) < 4.78 is 10.8. The monoisotopic (exact) mass is 253 g/mol. The summed E-state index contributed by atoms with van der Waals surface area (Å²) in [6.45, 7) is 2.15. The first kappa shape index (κ1) is 12.5. The van der Waals surface area contributed by atoms with Gasteiger partial charge in [0.1, 0.15) is 13.2 Å². The highest BCUT2D eigenvalue weighted by molar-refractivity contribution is 5.77. The SMILES string of the molecule is CC(O)(CNc1ccc2c(c1)OCCO2)C(=O)O. The highest BCUT2D eigenvalue weighted by atomic mass is 16.6. The molecule has 1 atom stereocenters. The Labute approximate surface area is 104 Å². The molecule has 0 saturated carbocycles. The number of carboxylic acids is 1. The van der Waals surface area contributed by atoms with Crippen molar-refractivity contribution in [3.63, 3.8) is 0 Å². The van der Waals surface area contributed by atoms with Gasteiger partial charge in [-0.05, 0) is 19.1 Å². The number of carbonyl (C=O) groups is 1. The van der Waals surface area contributed by atoms with Crippen molar-refractivity contribution in [1.29, 1.82) is 0 Å². The molecule has 0 bridgehead atoms. The number of hydrogen-bond donors (Lipinski definition) is 3. The number of aliphatic hydroxyl groups is 1. The molecule has 0 aromatic heterocycles. The lowest BCUT2D eigenvalue weighted by Crippen LogP contribution is -2.41. The molecule has 18 heavy (non-hydrogen) atoms. The Hall–Kier alpha value is -1.95. The lowest BCUT2D eigenvalue weighted by molar-refractivity contribution is -0.155. The van der Waals surface area contributed by atoms with Gasteiger partial charge in [0.25, 0.3) is 0 Å². The number of aliphatic carboxylic acids is 1. The molecular weight excluding hydrogens is 238 g/mol. The number of carboxylic acid groups (broad SMARTS) is 1. The number of rotatable bonds is 4. The van der Waals surface area contributed by atoms with Gasteiger partial charge in [-0.3, -0.25) is 0 Å². The van der Waals surface area contributed by atoms with E-state index in [0.717, 1.165) is 0 Å². The predicted molar refractivity (Wildman–Crippen MR) is 64.2 cm³/mol. The van der Waals surface area contributed by atoms with Crippen molar-refractivity contribution in [2.24, 2.45) is 0 Å². The quantitative estimate of drug-likeness (QED) is 0.732. The standard InChI is InChI=1S/C12H15NO5/c1-12(16,11(14)15)7-13-8-2-3-9-10(6-8)18-5-4-17-9/h2-3,6,13,16H,4-5,7H2,1H3,(H,14,15). The molecule has 3 N–H and O–H groups in total. The summed E-state index contributed by atoms with van der Waals surface area (Å²) in [7, 11) is 0. The Morgan fingerprint density at radius 2 is 2.06 bits per heavy atom. The van der Waals surface area contributed by atoms with Gasteiger partial charge in [-0.15, -0.1) is 0 Å². The van der Waals surface area contributed by atoms with Crippen LogP contribution in [0, 0.1) is 0 Å². The van der Waals surface area contributed by atoms with E-state index in [-0.39, 0.29) is 6.54 Å². The molecule has 1 aliphatic heterocycles. The minimum atomic E-state index is -1.81. The molecule has 0 fully saturated rings. The van der Waals surface area contributed by atoms with Crippen LogP contribution in [0.4, 0.5) is 5.69 Å². The summed E-state index contributed by atoms with van der Waals surface area (Å²) in [6.07, 6.45) is 0. The molecule has 98 valence electrons. The highest BCUT2D eigenvalue weighted by Crippen LogP contribution is 2.32. The summed E-state index contributed by atoms with van der Waals surface area (Å²) in [4.78, 5) is 10.7. The molecule has 1 heterocycles. The van der Waals surface area contributed by atoms with Crippen LogP contribution in [-0.2, 0) is 4.79 Å². The summed E-state index contributed by atoms with van der Waals surface area (Å²) >= 11 is 0. The van der Waals surface area contributed by atoms with Gasteiger partial charge in [0.2, 0.25) is 0 Å². The van der Waals surface area contributed by atoms with Crippen LogP contribution in [0.5, 0.6) is 11.5 Å². The number of anilines is 1. The van der Waals surface area contributed by atoms with Crippen molar-refractivity contribution >= 4 is 11.7 Å². The smallest absolute Gasteiger partial charge is 0.337 e. The Bertz CT molecular complexity index is 458. The summed E-state index contributed by atoms with van der Waals surface area (Å²) in [5.41, 5.74) is -1.14. The van der Waals surface area contributed by atoms with Gasteiger partial charge in [-0.1, -0.05) is 0 Å². The zero-order chi connectivity index (χ0) is 13.2. The number of nitrogens with one attached hydrogen (secondary N) is 1. The van der Waals surface area contributed by atoms with Gasteiger partial charge in [-0.2, -0.15) is 0 Å². The lowest BCUT2D eigenvalue weighted by atomic mass is 10.1. The van der Waals surface area contributed by atoms with Crippen LogP contribution in [0.25, 0.3) is 0 Å². The Morgan fingerprint density at radius 3 is 2.72 bits per heavy atom. The third-order valence-electron chi connectivity index (χ3n) is 2.64. The van der Waals surface area contributed by atoms with Crippen LogP contribution >= 0.6 is 0 Å². The van der Waals surface area contributed by atoms with Gasteiger partial charge in [-0.25, -0.2) is 4.79 Å². The fourth-order valence-corrected chi connectivity index (χ4v) is 1.50. The van der Waals surface area contributed by atoms with E-state index < -0.39 is 11.6 Å². The second-order valence-corrected chi connectivity index (χ2v) is 4.29. The van der Waals surface area contributed by atoms with E-state index in [2.05, 4.69) is 5.32 Å². The van der Waals surface area contributed by atoms with Crippen LogP contribution < -0.4 is 14.8 Å². The maximum Gasteiger partial charge on any atom is 0.337 e. The highest BCUT2D eigenvalue weighted by Gasteiger charge is 2.29. The van der Waals surface area contributed by atoms with E-state index in [0.29, 0.717) is 30.4 Å². The summed E-state index contributed by atoms with van der Waals surface area (Å²) in [5, 5.41) is 21.2.